The van der Waals surface area contributed by atoms with Crippen LogP contribution in [0.15, 0.2) is 22.7 Å². The van der Waals surface area contributed by atoms with Crippen LogP contribution in [0.1, 0.15) is 5.56 Å². The average molecular weight is 326 g/mol. The van der Waals surface area contributed by atoms with Crippen molar-refractivity contribution in [3.8, 4) is 0 Å². The molecule has 1 aromatic rings. The summed E-state index contributed by atoms with van der Waals surface area (Å²) >= 11 is 3.40. The first-order chi connectivity index (χ1) is 9.06. The van der Waals surface area contributed by atoms with E-state index >= 15 is 0 Å². The fourth-order valence-electron chi connectivity index (χ4n) is 1.71. The fraction of sp³-hybridized carbons (Fsp3) is 0.385. The molecule has 0 aromatic heterocycles. The first-order valence-electron chi connectivity index (χ1n) is 6.10. The lowest BCUT2D eigenvalue weighted by Gasteiger charge is -2.25. The first-order valence-corrected chi connectivity index (χ1v) is 6.90. The van der Waals surface area contributed by atoms with Gasteiger partial charge < -0.3 is 16.0 Å². The third-order valence-corrected chi connectivity index (χ3v) is 3.91. The molecule has 1 fully saturated rings. The minimum atomic E-state index is -0.220. The molecule has 1 heterocycles. The monoisotopic (exact) mass is 325 g/mol. The molecule has 19 heavy (non-hydrogen) atoms. The van der Waals surface area contributed by atoms with Crippen LogP contribution in [-0.2, 0) is 9.59 Å². The molecule has 5 nitrogen and oxygen atoms in total. The first kappa shape index (κ1) is 14.0. The number of rotatable bonds is 4. The molecule has 0 aliphatic carbocycles. The molecule has 1 saturated heterocycles. The van der Waals surface area contributed by atoms with Crippen molar-refractivity contribution >= 4 is 33.4 Å². The lowest BCUT2D eigenvalue weighted by molar-refractivity contribution is -0.128. The number of benzene rings is 1. The van der Waals surface area contributed by atoms with E-state index in [-0.39, 0.29) is 24.3 Å². The largest absolute Gasteiger partial charge is 0.347 e. The zero-order chi connectivity index (χ0) is 13.8. The highest BCUT2D eigenvalue weighted by Gasteiger charge is 2.24. The van der Waals surface area contributed by atoms with Crippen molar-refractivity contribution in [3.05, 3.63) is 28.2 Å². The quantitative estimate of drug-likeness (QED) is 0.774. The van der Waals surface area contributed by atoms with E-state index in [4.69, 9.17) is 0 Å². The van der Waals surface area contributed by atoms with Crippen LogP contribution in [0, 0.1) is 12.8 Å². The van der Waals surface area contributed by atoms with Gasteiger partial charge >= 0.3 is 0 Å². The number of carbonyl (C=O) groups excluding carboxylic acids is 2. The molecule has 3 N–H and O–H groups in total. The van der Waals surface area contributed by atoms with Crippen LogP contribution in [0.4, 0.5) is 5.69 Å². The maximum Gasteiger partial charge on any atom is 0.243 e. The second kappa shape index (κ2) is 6.16. The van der Waals surface area contributed by atoms with Crippen molar-refractivity contribution < 1.29 is 9.59 Å². The van der Waals surface area contributed by atoms with Crippen LogP contribution >= 0.6 is 15.9 Å². The van der Waals surface area contributed by atoms with Gasteiger partial charge in [0.05, 0.1) is 12.5 Å². The zero-order valence-corrected chi connectivity index (χ0v) is 12.2. The molecule has 6 heteroatoms. The Hall–Kier alpha value is -1.40. The van der Waals surface area contributed by atoms with Gasteiger partial charge in [-0.1, -0.05) is 15.9 Å². The van der Waals surface area contributed by atoms with E-state index in [1.807, 2.05) is 25.1 Å². The summed E-state index contributed by atoms with van der Waals surface area (Å²) in [6.07, 6.45) is 0. The van der Waals surface area contributed by atoms with Gasteiger partial charge in [0.2, 0.25) is 11.8 Å². The Morgan fingerprint density at radius 2 is 2.16 bits per heavy atom. The Morgan fingerprint density at radius 3 is 2.74 bits per heavy atom. The Morgan fingerprint density at radius 1 is 1.42 bits per heavy atom. The van der Waals surface area contributed by atoms with E-state index in [2.05, 4.69) is 31.9 Å². The average Bonchev–Trinajstić information content (AvgIpc) is 2.29. The normalized spacial score (nSPS) is 14.6. The third kappa shape index (κ3) is 3.78. The number of aryl methyl sites for hydroxylation is 1. The molecule has 0 unspecified atom stereocenters. The van der Waals surface area contributed by atoms with Crippen LogP contribution in [-0.4, -0.2) is 31.4 Å². The molecule has 0 atom stereocenters. The van der Waals surface area contributed by atoms with Crippen LogP contribution in [0.25, 0.3) is 0 Å². The van der Waals surface area contributed by atoms with Gasteiger partial charge in [-0.25, -0.2) is 0 Å². The molecule has 2 amide bonds. The van der Waals surface area contributed by atoms with E-state index < -0.39 is 0 Å². The Kier molecular flexibility index (Phi) is 4.55. The van der Waals surface area contributed by atoms with Crippen molar-refractivity contribution in [1.82, 2.24) is 10.6 Å². The number of halogens is 1. The Balaban J connectivity index is 1.80. The van der Waals surface area contributed by atoms with Gasteiger partial charge in [0.25, 0.3) is 0 Å². The van der Waals surface area contributed by atoms with E-state index in [0.717, 1.165) is 15.7 Å². The lowest BCUT2D eigenvalue weighted by atomic mass is 10.0. The van der Waals surface area contributed by atoms with Gasteiger partial charge in [0.1, 0.15) is 0 Å². The molecule has 1 aromatic carbocycles. The van der Waals surface area contributed by atoms with Gasteiger partial charge in [-0.3, -0.25) is 9.59 Å². The zero-order valence-electron chi connectivity index (χ0n) is 10.6. The summed E-state index contributed by atoms with van der Waals surface area (Å²) in [6.45, 7) is 3.34. The fourth-order valence-corrected chi connectivity index (χ4v) is 1.96. The predicted molar refractivity (Wildman–Crippen MR) is 76.9 cm³/mol. The maximum atomic E-state index is 11.7. The summed E-state index contributed by atoms with van der Waals surface area (Å²) in [5, 5.41) is 8.40. The topological polar surface area (TPSA) is 70.2 Å². The molecular formula is C13H16BrN3O2. The van der Waals surface area contributed by atoms with Crippen LogP contribution in [0.3, 0.4) is 0 Å². The summed E-state index contributed by atoms with van der Waals surface area (Å²) in [4.78, 5) is 23.2. The van der Waals surface area contributed by atoms with Crippen molar-refractivity contribution in [2.75, 3.05) is 25.0 Å². The van der Waals surface area contributed by atoms with Gasteiger partial charge in [-0.15, -0.1) is 0 Å². The summed E-state index contributed by atoms with van der Waals surface area (Å²) in [6, 6.07) is 5.57. The van der Waals surface area contributed by atoms with E-state index in [9.17, 15) is 9.59 Å². The van der Waals surface area contributed by atoms with Gasteiger partial charge in [0.15, 0.2) is 0 Å². The van der Waals surface area contributed by atoms with E-state index in [1.54, 1.807) is 0 Å². The molecule has 1 aliphatic heterocycles. The SMILES string of the molecule is Cc1cc(NC(=O)CNC(=O)C2CNC2)ccc1Br. The molecule has 2 rings (SSSR count). The summed E-state index contributed by atoms with van der Waals surface area (Å²) in [5.74, 6) is -0.286. The summed E-state index contributed by atoms with van der Waals surface area (Å²) < 4.78 is 0.997. The number of anilines is 1. The van der Waals surface area contributed by atoms with E-state index in [0.29, 0.717) is 13.1 Å². The number of amides is 2. The highest BCUT2D eigenvalue weighted by atomic mass is 79.9. The number of hydrogen-bond donors (Lipinski definition) is 3. The van der Waals surface area contributed by atoms with Crippen molar-refractivity contribution in [1.29, 1.82) is 0 Å². The highest BCUT2D eigenvalue weighted by molar-refractivity contribution is 9.10. The minimum Gasteiger partial charge on any atom is -0.347 e. The minimum absolute atomic E-state index is 0.00252. The van der Waals surface area contributed by atoms with E-state index in [1.165, 1.54) is 0 Å². The predicted octanol–water partition coefficient (Wildman–Crippen LogP) is 1.03. The summed E-state index contributed by atoms with van der Waals surface area (Å²) in [7, 11) is 0. The molecule has 0 saturated carbocycles. The van der Waals surface area contributed by atoms with Gasteiger partial charge in [-0.2, -0.15) is 0 Å². The second-order valence-corrected chi connectivity index (χ2v) is 5.44. The molecule has 0 radical (unpaired) electrons. The van der Waals surface area contributed by atoms with Gasteiger partial charge in [0, 0.05) is 23.2 Å². The van der Waals surface area contributed by atoms with Crippen LogP contribution in [0.2, 0.25) is 0 Å². The lowest BCUT2D eigenvalue weighted by Crippen LogP contribution is -2.51. The molecule has 0 bridgehead atoms. The van der Waals surface area contributed by atoms with Crippen LogP contribution < -0.4 is 16.0 Å². The Bertz CT molecular complexity index is 501. The molecular weight excluding hydrogens is 310 g/mol. The molecule has 1 aliphatic rings. The third-order valence-electron chi connectivity index (χ3n) is 3.02. The van der Waals surface area contributed by atoms with Crippen molar-refractivity contribution in [2.24, 2.45) is 5.92 Å². The van der Waals surface area contributed by atoms with Crippen LogP contribution in [0.5, 0.6) is 0 Å². The summed E-state index contributed by atoms with van der Waals surface area (Å²) in [5.41, 5.74) is 1.77. The number of hydrogen-bond acceptors (Lipinski definition) is 3. The Labute approximate surface area is 120 Å². The van der Waals surface area contributed by atoms with Crippen molar-refractivity contribution in [2.45, 2.75) is 6.92 Å². The standard InChI is InChI=1S/C13H16BrN3O2/c1-8-4-10(2-3-11(8)14)17-12(18)7-16-13(19)9-5-15-6-9/h2-4,9,15H,5-7H2,1H3,(H,16,19)(H,17,18). The van der Waals surface area contributed by atoms with Crippen molar-refractivity contribution in [3.63, 3.8) is 0 Å². The highest BCUT2D eigenvalue weighted by Crippen LogP contribution is 2.19. The maximum absolute atomic E-state index is 11.7. The van der Waals surface area contributed by atoms with Gasteiger partial charge in [-0.05, 0) is 30.7 Å². The molecule has 0 spiro atoms. The number of carbonyl (C=O) groups is 2. The number of nitrogens with one attached hydrogen (secondary N) is 3. The second-order valence-electron chi connectivity index (χ2n) is 4.59. The molecule has 102 valence electrons. The smallest absolute Gasteiger partial charge is 0.243 e.